The van der Waals surface area contributed by atoms with Gasteiger partial charge < -0.3 is 26.6 Å². The number of amides is 2. The topological polar surface area (TPSA) is 112 Å². The third-order valence-electron chi connectivity index (χ3n) is 7.20. The first-order chi connectivity index (χ1) is 19.3. The quantitative estimate of drug-likeness (QED) is 0.164. The van der Waals surface area contributed by atoms with Crippen LogP contribution >= 0.6 is 23.2 Å². The van der Waals surface area contributed by atoms with E-state index in [4.69, 9.17) is 28.9 Å². The molecule has 0 spiro atoms. The maximum atomic E-state index is 13.6. The third kappa shape index (κ3) is 8.10. The van der Waals surface area contributed by atoms with Crippen molar-refractivity contribution >= 4 is 51.7 Å². The van der Waals surface area contributed by atoms with E-state index < -0.39 is 0 Å². The molecule has 2 atom stereocenters. The maximum absolute atomic E-state index is 13.6. The first-order valence-electron chi connectivity index (χ1n) is 13.6. The lowest BCUT2D eigenvalue weighted by Crippen LogP contribution is -2.49. The fourth-order valence-electron chi connectivity index (χ4n) is 4.90. The second kappa shape index (κ2) is 14.3. The minimum absolute atomic E-state index is 0.0468. The van der Waals surface area contributed by atoms with Gasteiger partial charge >= 0.3 is 0 Å². The van der Waals surface area contributed by atoms with Crippen molar-refractivity contribution in [2.75, 3.05) is 33.2 Å². The number of carbonyl (C=O) groups is 2. The fraction of sp³-hybridized carbons (Fsp3) is 0.367. The minimum Gasteiger partial charge on any atom is -0.370 e. The lowest BCUT2D eigenvalue weighted by molar-refractivity contribution is -0.132. The highest BCUT2D eigenvalue weighted by Gasteiger charge is 2.30. The van der Waals surface area contributed by atoms with Crippen molar-refractivity contribution in [3.05, 3.63) is 81.8 Å². The van der Waals surface area contributed by atoms with E-state index in [9.17, 15) is 9.59 Å². The Bertz CT molecular complexity index is 1370. The predicted molar refractivity (Wildman–Crippen MR) is 163 cm³/mol. The summed E-state index contributed by atoms with van der Waals surface area (Å²) in [4.78, 5) is 32.3. The number of benzene rings is 3. The summed E-state index contributed by atoms with van der Waals surface area (Å²) in [7, 11) is 1.63. The second-order valence-electron chi connectivity index (χ2n) is 9.97. The molecule has 0 aromatic heterocycles. The maximum Gasteiger partial charge on any atom is 0.251 e. The summed E-state index contributed by atoms with van der Waals surface area (Å²) in [6, 6.07) is 18.7. The van der Waals surface area contributed by atoms with Crippen LogP contribution in [0.25, 0.3) is 10.8 Å². The highest BCUT2D eigenvalue weighted by atomic mass is 35.5. The number of hydrogen-bond donors (Lipinski definition) is 4. The molecule has 0 saturated carbocycles. The van der Waals surface area contributed by atoms with Crippen molar-refractivity contribution in [2.24, 2.45) is 10.7 Å². The van der Waals surface area contributed by atoms with Gasteiger partial charge in [-0.25, -0.2) is 0 Å². The molecule has 3 aromatic carbocycles. The van der Waals surface area contributed by atoms with E-state index in [1.54, 1.807) is 13.1 Å². The van der Waals surface area contributed by atoms with Gasteiger partial charge in [-0.15, -0.1) is 0 Å². The van der Waals surface area contributed by atoms with Gasteiger partial charge in [0, 0.05) is 54.9 Å². The summed E-state index contributed by atoms with van der Waals surface area (Å²) in [5.41, 5.74) is 7.30. The Labute approximate surface area is 245 Å². The molecular weight excluding hydrogens is 547 g/mol. The van der Waals surface area contributed by atoms with Crippen LogP contribution in [-0.2, 0) is 11.2 Å². The number of nitrogens with one attached hydrogen (secondary N) is 3. The molecule has 2 unspecified atom stereocenters. The van der Waals surface area contributed by atoms with Gasteiger partial charge in [-0.1, -0.05) is 59.6 Å². The molecular formula is C30H36Cl2N6O2. The number of guanidine groups is 1. The molecule has 3 aromatic rings. The molecule has 2 amide bonds. The Morgan fingerprint density at radius 1 is 1.10 bits per heavy atom. The Balaban J connectivity index is 1.40. The second-order valence-corrected chi connectivity index (χ2v) is 10.8. The van der Waals surface area contributed by atoms with Gasteiger partial charge in [0.05, 0.1) is 6.04 Å². The summed E-state index contributed by atoms with van der Waals surface area (Å²) in [6.07, 6.45) is 2.69. The zero-order valence-corrected chi connectivity index (χ0v) is 24.1. The molecule has 5 N–H and O–H groups in total. The van der Waals surface area contributed by atoms with Gasteiger partial charge in [0.15, 0.2) is 5.96 Å². The van der Waals surface area contributed by atoms with Crippen LogP contribution in [0.15, 0.2) is 65.7 Å². The number of nitrogens with zero attached hydrogens (tertiary/aromatic N) is 2. The summed E-state index contributed by atoms with van der Waals surface area (Å²) in [5.74, 6) is 0.286. The van der Waals surface area contributed by atoms with Gasteiger partial charge in [-0.05, 0) is 66.3 Å². The van der Waals surface area contributed by atoms with Crippen LogP contribution < -0.4 is 21.7 Å². The Hall–Kier alpha value is -3.33. The van der Waals surface area contributed by atoms with Crippen LogP contribution in [-0.4, -0.2) is 68.0 Å². The average molecular weight is 584 g/mol. The lowest BCUT2D eigenvalue weighted by Gasteiger charge is -2.25. The summed E-state index contributed by atoms with van der Waals surface area (Å²) in [5, 5.41) is 12.9. The van der Waals surface area contributed by atoms with E-state index in [0.717, 1.165) is 22.8 Å². The average Bonchev–Trinajstić information content (AvgIpc) is 3.11. The molecule has 1 heterocycles. The van der Waals surface area contributed by atoms with E-state index in [1.165, 1.54) is 0 Å². The number of nitrogens with two attached hydrogens (primary N) is 1. The van der Waals surface area contributed by atoms with Crippen molar-refractivity contribution in [1.82, 2.24) is 20.9 Å². The molecule has 8 nitrogen and oxygen atoms in total. The van der Waals surface area contributed by atoms with Crippen molar-refractivity contribution in [3.63, 3.8) is 0 Å². The fourth-order valence-corrected chi connectivity index (χ4v) is 5.40. The monoisotopic (exact) mass is 582 g/mol. The standard InChI is InChI=1S/C30H36Cl2N6O2/c1-34-30(33)35-14-4-7-27-29(40)38(15-12-21-10-11-24(31)18-26(21)32)16-13-25(37-27)19-36-28(39)23-9-8-20-5-2-3-6-22(20)17-23/h2-3,5-6,8-11,17-18,25,27,37H,4,7,12-16,19H2,1H3,(H,36,39)(H3,33,34,35). The summed E-state index contributed by atoms with van der Waals surface area (Å²) in [6.45, 7) is 2.15. The van der Waals surface area contributed by atoms with Gasteiger partial charge in [-0.2, -0.15) is 0 Å². The number of fused-ring (bicyclic) bond motifs is 1. The molecule has 1 fully saturated rings. The molecule has 40 heavy (non-hydrogen) atoms. The molecule has 0 radical (unpaired) electrons. The van der Waals surface area contributed by atoms with E-state index >= 15 is 0 Å². The Kier molecular flexibility index (Phi) is 10.6. The predicted octanol–water partition coefficient (Wildman–Crippen LogP) is 3.99. The number of halogens is 2. The van der Waals surface area contributed by atoms with Crippen molar-refractivity contribution in [1.29, 1.82) is 0 Å². The van der Waals surface area contributed by atoms with Crippen molar-refractivity contribution < 1.29 is 9.59 Å². The van der Waals surface area contributed by atoms with E-state index in [-0.39, 0.29) is 23.9 Å². The van der Waals surface area contributed by atoms with Crippen LogP contribution in [0.2, 0.25) is 10.0 Å². The summed E-state index contributed by atoms with van der Waals surface area (Å²) < 4.78 is 0. The number of rotatable bonds is 10. The van der Waals surface area contributed by atoms with Crippen LogP contribution in [0.4, 0.5) is 0 Å². The number of hydrogen-bond acceptors (Lipinski definition) is 4. The highest BCUT2D eigenvalue weighted by molar-refractivity contribution is 6.35. The molecule has 1 aliphatic rings. The van der Waals surface area contributed by atoms with Crippen LogP contribution in [0.1, 0.15) is 35.2 Å². The van der Waals surface area contributed by atoms with Crippen LogP contribution in [0, 0.1) is 0 Å². The van der Waals surface area contributed by atoms with Gasteiger partial charge in [0.25, 0.3) is 5.91 Å². The first kappa shape index (κ1) is 29.6. The van der Waals surface area contributed by atoms with Crippen molar-refractivity contribution in [3.8, 4) is 0 Å². The zero-order valence-electron chi connectivity index (χ0n) is 22.6. The van der Waals surface area contributed by atoms with Gasteiger partial charge in [0.2, 0.25) is 5.91 Å². The Morgan fingerprint density at radius 3 is 2.67 bits per heavy atom. The van der Waals surface area contributed by atoms with Gasteiger partial charge in [-0.3, -0.25) is 14.6 Å². The van der Waals surface area contributed by atoms with E-state index in [0.29, 0.717) is 67.0 Å². The molecule has 1 saturated heterocycles. The third-order valence-corrected chi connectivity index (χ3v) is 7.78. The van der Waals surface area contributed by atoms with E-state index in [2.05, 4.69) is 20.9 Å². The van der Waals surface area contributed by atoms with Crippen LogP contribution in [0.3, 0.4) is 0 Å². The largest absolute Gasteiger partial charge is 0.370 e. The smallest absolute Gasteiger partial charge is 0.251 e. The molecule has 10 heteroatoms. The number of aliphatic imine (C=N–C) groups is 1. The molecule has 0 bridgehead atoms. The Morgan fingerprint density at radius 2 is 1.90 bits per heavy atom. The first-order valence-corrected chi connectivity index (χ1v) is 14.3. The normalized spacial score (nSPS) is 18.0. The van der Waals surface area contributed by atoms with Crippen molar-refractivity contribution in [2.45, 2.75) is 37.8 Å². The van der Waals surface area contributed by atoms with E-state index in [1.807, 2.05) is 59.5 Å². The minimum atomic E-state index is -0.382. The highest BCUT2D eigenvalue weighted by Crippen LogP contribution is 2.22. The number of carbonyl (C=O) groups excluding carboxylic acids is 2. The molecule has 0 aliphatic carbocycles. The SMILES string of the molecule is CN=C(N)NCCCC1NC(CNC(=O)c2ccc3ccccc3c2)CCN(CCc2ccc(Cl)cc2Cl)C1=O. The lowest BCUT2D eigenvalue weighted by atomic mass is 10.1. The van der Waals surface area contributed by atoms with Gasteiger partial charge in [0.1, 0.15) is 0 Å². The molecule has 4 rings (SSSR count). The summed E-state index contributed by atoms with van der Waals surface area (Å²) >= 11 is 12.4. The van der Waals surface area contributed by atoms with Crippen LogP contribution in [0.5, 0.6) is 0 Å². The zero-order chi connectivity index (χ0) is 28.5. The molecule has 212 valence electrons. The molecule has 1 aliphatic heterocycles.